The molecule has 0 fully saturated rings. The van der Waals surface area contributed by atoms with Crippen LogP contribution in [0, 0.1) is 0 Å². The van der Waals surface area contributed by atoms with E-state index in [9.17, 15) is 4.79 Å². The number of carbonyl (C=O) groups is 1. The van der Waals surface area contributed by atoms with Crippen LogP contribution in [-0.2, 0) is 9.53 Å². The van der Waals surface area contributed by atoms with Gasteiger partial charge in [-0.2, -0.15) is 0 Å². The van der Waals surface area contributed by atoms with Crippen LogP contribution in [0.4, 0.5) is 0 Å². The zero-order valence-corrected chi connectivity index (χ0v) is 7.28. The van der Waals surface area contributed by atoms with E-state index in [2.05, 4.69) is 14.9 Å². The third-order valence-electron chi connectivity index (χ3n) is 0.971. The van der Waals surface area contributed by atoms with Gasteiger partial charge in [0.05, 0.1) is 13.2 Å². The summed E-state index contributed by atoms with van der Waals surface area (Å²) in [5.74, 6) is -0.234. The lowest BCUT2D eigenvalue weighted by Gasteiger charge is -2.02. The van der Waals surface area contributed by atoms with E-state index in [0.717, 1.165) is 0 Å². The molecule has 0 aromatic rings. The SMILES string of the molecule is CCOC(=O)CNCCNCl. The molecule has 0 aliphatic carbocycles. The summed E-state index contributed by atoms with van der Waals surface area (Å²) in [7, 11) is 0. The first kappa shape index (κ1) is 10.7. The summed E-state index contributed by atoms with van der Waals surface area (Å²) in [6, 6.07) is 0. The normalized spacial score (nSPS) is 9.64. The molecule has 0 aromatic heterocycles. The highest BCUT2D eigenvalue weighted by atomic mass is 35.5. The number of hydrogen-bond donors (Lipinski definition) is 2. The Bertz CT molecular complexity index is 111. The fraction of sp³-hybridized carbons (Fsp3) is 0.833. The Kier molecular flexibility index (Phi) is 7.56. The number of hydrogen-bond acceptors (Lipinski definition) is 4. The first-order valence-electron chi connectivity index (χ1n) is 3.51. The van der Waals surface area contributed by atoms with Crippen LogP contribution in [0.25, 0.3) is 0 Å². The Morgan fingerprint density at radius 2 is 2.27 bits per heavy atom. The van der Waals surface area contributed by atoms with Gasteiger partial charge in [-0.3, -0.25) is 4.79 Å². The monoisotopic (exact) mass is 180 g/mol. The smallest absolute Gasteiger partial charge is 0.319 e. The predicted octanol–water partition coefficient (Wildman–Crippen LogP) is -0.118. The predicted molar refractivity (Wildman–Crippen MR) is 43.4 cm³/mol. The molecule has 0 bridgehead atoms. The molecule has 0 aliphatic heterocycles. The van der Waals surface area contributed by atoms with Gasteiger partial charge in [0.2, 0.25) is 0 Å². The molecule has 0 aliphatic rings. The molecule has 11 heavy (non-hydrogen) atoms. The maximum Gasteiger partial charge on any atom is 0.319 e. The van der Waals surface area contributed by atoms with Gasteiger partial charge in [-0.1, -0.05) is 0 Å². The van der Waals surface area contributed by atoms with Crippen molar-refractivity contribution in [2.75, 3.05) is 26.2 Å². The molecule has 0 heterocycles. The number of halogens is 1. The third kappa shape index (κ3) is 7.58. The maximum atomic E-state index is 10.7. The molecule has 0 saturated carbocycles. The zero-order valence-electron chi connectivity index (χ0n) is 6.52. The van der Waals surface area contributed by atoms with Crippen LogP contribution in [0.15, 0.2) is 0 Å². The van der Waals surface area contributed by atoms with Crippen LogP contribution < -0.4 is 10.2 Å². The number of nitrogens with one attached hydrogen (secondary N) is 2. The molecule has 4 nitrogen and oxygen atoms in total. The number of esters is 1. The van der Waals surface area contributed by atoms with E-state index in [1.165, 1.54) is 0 Å². The summed E-state index contributed by atoms with van der Waals surface area (Å²) in [4.78, 5) is 13.1. The minimum Gasteiger partial charge on any atom is -0.465 e. The molecule has 0 amide bonds. The highest BCUT2D eigenvalue weighted by Gasteiger charge is 1.98. The number of ether oxygens (including phenoxy) is 1. The van der Waals surface area contributed by atoms with Crippen molar-refractivity contribution in [2.45, 2.75) is 6.92 Å². The van der Waals surface area contributed by atoms with Gasteiger partial charge >= 0.3 is 5.97 Å². The minimum atomic E-state index is -0.234. The van der Waals surface area contributed by atoms with Gasteiger partial charge in [-0.25, -0.2) is 4.84 Å². The average Bonchev–Trinajstić information content (AvgIpc) is 1.99. The van der Waals surface area contributed by atoms with Gasteiger partial charge in [0.15, 0.2) is 0 Å². The molecule has 66 valence electrons. The van der Waals surface area contributed by atoms with Crippen molar-refractivity contribution in [3.8, 4) is 0 Å². The van der Waals surface area contributed by atoms with E-state index in [1.54, 1.807) is 6.92 Å². The van der Waals surface area contributed by atoms with E-state index in [0.29, 0.717) is 19.7 Å². The molecule has 0 saturated heterocycles. The number of carbonyl (C=O) groups excluding carboxylic acids is 1. The summed E-state index contributed by atoms with van der Waals surface area (Å²) in [6.45, 7) is 3.72. The minimum absolute atomic E-state index is 0.234. The second-order valence-electron chi connectivity index (χ2n) is 1.87. The molecule has 0 aromatic carbocycles. The maximum absolute atomic E-state index is 10.7. The van der Waals surface area contributed by atoms with Crippen molar-refractivity contribution in [2.24, 2.45) is 0 Å². The van der Waals surface area contributed by atoms with Gasteiger partial charge in [-0.05, 0) is 18.7 Å². The van der Waals surface area contributed by atoms with Gasteiger partial charge in [0.25, 0.3) is 0 Å². The van der Waals surface area contributed by atoms with Crippen LogP contribution in [-0.4, -0.2) is 32.2 Å². The van der Waals surface area contributed by atoms with Crippen molar-refractivity contribution >= 4 is 17.7 Å². The lowest BCUT2D eigenvalue weighted by Crippen LogP contribution is -2.29. The highest BCUT2D eigenvalue weighted by Crippen LogP contribution is 1.74. The molecule has 0 spiro atoms. The Balaban J connectivity index is 3.04. The van der Waals surface area contributed by atoms with Gasteiger partial charge in [-0.15, -0.1) is 0 Å². The first-order valence-corrected chi connectivity index (χ1v) is 3.89. The van der Waals surface area contributed by atoms with Crippen LogP contribution in [0.3, 0.4) is 0 Å². The van der Waals surface area contributed by atoms with E-state index < -0.39 is 0 Å². The van der Waals surface area contributed by atoms with Crippen LogP contribution >= 0.6 is 11.8 Å². The largest absolute Gasteiger partial charge is 0.465 e. The quantitative estimate of drug-likeness (QED) is 0.340. The summed E-state index contributed by atoms with van der Waals surface area (Å²) in [6.07, 6.45) is 0. The van der Waals surface area contributed by atoms with Gasteiger partial charge in [0.1, 0.15) is 0 Å². The standard InChI is InChI=1S/C6H13ClN2O2/c1-2-11-6(10)5-8-3-4-9-7/h8-9H,2-5H2,1H3. The van der Waals surface area contributed by atoms with Crippen molar-refractivity contribution in [3.63, 3.8) is 0 Å². The van der Waals surface area contributed by atoms with Crippen LogP contribution in [0.2, 0.25) is 0 Å². The first-order chi connectivity index (χ1) is 5.31. The average molecular weight is 181 g/mol. The van der Waals surface area contributed by atoms with Crippen molar-refractivity contribution in [3.05, 3.63) is 0 Å². The second-order valence-corrected chi connectivity index (χ2v) is 2.13. The Labute approximate surface area is 71.4 Å². The molecule has 0 unspecified atom stereocenters. The Morgan fingerprint density at radius 3 is 2.82 bits per heavy atom. The molecule has 0 atom stereocenters. The Hall–Kier alpha value is -0.320. The summed E-state index contributed by atoms with van der Waals surface area (Å²) in [5.41, 5.74) is 0. The van der Waals surface area contributed by atoms with E-state index in [1.807, 2.05) is 0 Å². The number of rotatable bonds is 6. The fourth-order valence-electron chi connectivity index (χ4n) is 0.538. The van der Waals surface area contributed by atoms with Crippen LogP contribution in [0.1, 0.15) is 6.92 Å². The van der Waals surface area contributed by atoms with E-state index in [-0.39, 0.29) is 12.5 Å². The summed E-state index contributed by atoms with van der Waals surface area (Å²) >= 11 is 5.17. The highest BCUT2D eigenvalue weighted by molar-refractivity contribution is 6.13. The summed E-state index contributed by atoms with van der Waals surface area (Å²) < 4.78 is 4.67. The Morgan fingerprint density at radius 1 is 1.55 bits per heavy atom. The second kappa shape index (κ2) is 7.78. The summed E-state index contributed by atoms with van der Waals surface area (Å²) in [5, 5.41) is 2.85. The lowest BCUT2D eigenvalue weighted by atomic mass is 10.6. The molecule has 0 rings (SSSR count). The third-order valence-corrected chi connectivity index (χ3v) is 1.16. The van der Waals surface area contributed by atoms with E-state index >= 15 is 0 Å². The fourth-order valence-corrected chi connectivity index (χ4v) is 0.633. The van der Waals surface area contributed by atoms with Crippen molar-refractivity contribution in [1.82, 2.24) is 10.2 Å². The molecule has 0 radical (unpaired) electrons. The van der Waals surface area contributed by atoms with Gasteiger partial charge in [0, 0.05) is 13.1 Å². The molecule has 5 heteroatoms. The molecular formula is C6H13ClN2O2. The van der Waals surface area contributed by atoms with Gasteiger partial charge < -0.3 is 10.1 Å². The van der Waals surface area contributed by atoms with Crippen LogP contribution in [0.5, 0.6) is 0 Å². The van der Waals surface area contributed by atoms with Crippen molar-refractivity contribution in [1.29, 1.82) is 0 Å². The topological polar surface area (TPSA) is 50.4 Å². The molecule has 2 N–H and O–H groups in total. The van der Waals surface area contributed by atoms with Crippen molar-refractivity contribution < 1.29 is 9.53 Å². The zero-order chi connectivity index (χ0) is 8.53. The molecular weight excluding hydrogens is 168 g/mol. The lowest BCUT2D eigenvalue weighted by molar-refractivity contribution is -0.141. The van der Waals surface area contributed by atoms with E-state index in [4.69, 9.17) is 11.8 Å².